The quantitative estimate of drug-likeness (QED) is 0.264. The third-order valence-corrected chi connectivity index (χ3v) is 11.0. The highest BCUT2D eigenvalue weighted by Crippen LogP contribution is 2.31. The molecular formula is C30H38N4O8S2. The van der Waals surface area contributed by atoms with Gasteiger partial charge in [0.1, 0.15) is 11.5 Å². The SMILES string of the molecule is CCN(CC)S(=O)(=O)c1ccc(OC)c(NC(=O)c2ccc(C(=O)Nc3cc(S(=O)(=O)N(CC)CC)ccc3OC)cc2)c1. The zero-order chi connectivity index (χ0) is 32.7. The number of rotatable bonds is 14. The molecule has 0 atom stereocenters. The first kappa shape index (κ1) is 34.5. The summed E-state index contributed by atoms with van der Waals surface area (Å²) in [5, 5.41) is 5.37. The molecule has 3 aromatic carbocycles. The molecule has 0 aliphatic rings. The minimum absolute atomic E-state index is 0.00807. The summed E-state index contributed by atoms with van der Waals surface area (Å²) in [6.45, 7) is 8.12. The average Bonchev–Trinajstić information content (AvgIpc) is 3.01. The van der Waals surface area contributed by atoms with Gasteiger partial charge in [0.2, 0.25) is 20.0 Å². The highest BCUT2D eigenvalue weighted by atomic mass is 32.2. The van der Waals surface area contributed by atoms with Crippen LogP contribution in [0.15, 0.2) is 70.5 Å². The van der Waals surface area contributed by atoms with Crippen LogP contribution in [0.4, 0.5) is 11.4 Å². The number of nitrogens with zero attached hydrogens (tertiary/aromatic N) is 2. The number of benzene rings is 3. The van der Waals surface area contributed by atoms with Crippen molar-refractivity contribution < 1.29 is 35.9 Å². The number of hydrogen-bond donors (Lipinski definition) is 2. The molecule has 0 bridgehead atoms. The first-order valence-electron chi connectivity index (χ1n) is 14.0. The largest absolute Gasteiger partial charge is 0.495 e. The monoisotopic (exact) mass is 646 g/mol. The van der Waals surface area contributed by atoms with Gasteiger partial charge in [-0.05, 0) is 60.7 Å². The second-order valence-corrected chi connectivity index (χ2v) is 13.3. The van der Waals surface area contributed by atoms with Gasteiger partial charge in [-0.15, -0.1) is 0 Å². The summed E-state index contributed by atoms with van der Waals surface area (Å²) in [5.74, 6) is -0.564. The van der Waals surface area contributed by atoms with E-state index in [1.807, 2.05) is 0 Å². The van der Waals surface area contributed by atoms with E-state index in [0.29, 0.717) is 26.2 Å². The van der Waals surface area contributed by atoms with Crippen molar-refractivity contribution in [3.05, 3.63) is 71.8 Å². The Labute approximate surface area is 259 Å². The Hall–Kier alpha value is -3.98. The van der Waals surface area contributed by atoms with Gasteiger partial charge in [-0.1, -0.05) is 27.7 Å². The number of hydrogen-bond acceptors (Lipinski definition) is 8. The van der Waals surface area contributed by atoms with E-state index in [1.165, 1.54) is 83.5 Å². The van der Waals surface area contributed by atoms with Crippen LogP contribution in [-0.2, 0) is 20.0 Å². The predicted octanol–water partition coefficient (Wildman–Crippen LogP) is 4.27. The van der Waals surface area contributed by atoms with Crippen molar-refractivity contribution in [2.45, 2.75) is 37.5 Å². The van der Waals surface area contributed by atoms with Crippen LogP contribution < -0.4 is 20.1 Å². The number of ether oxygens (including phenoxy) is 2. The van der Waals surface area contributed by atoms with Crippen LogP contribution in [0.2, 0.25) is 0 Å². The second-order valence-electron chi connectivity index (χ2n) is 9.39. The molecule has 0 aliphatic carbocycles. The number of anilines is 2. The van der Waals surface area contributed by atoms with E-state index in [0.717, 1.165) is 0 Å². The number of amides is 2. The zero-order valence-electron chi connectivity index (χ0n) is 25.6. The molecule has 44 heavy (non-hydrogen) atoms. The predicted molar refractivity (Wildman–Crippen MR) is 169 cm³/mol. The van der Waals surface area contributed by atoms with Crippen LogP contribution in [0, 0.1) is 0 Å². The van der Waals surface area contributed by atoms with E-state index in [4.69, 9.17) is 9.47 Å². The first-order chi connectivity index (χ1) is 20.9. The molecule has 0 aliphatic heterocycles. The average molecular weight is 647 g/mol. The summed E-state index contributed by atoms with van der Waals surface area (Å²) >= 11 is 0. The molecule has 3 aromatic rings. The molecule has 2 amide bonds. The maximum atomic E-state index is 13.1. The van der Waals surface area contributed by atoms with E-state index in [1.54, 1.807) is 27.7 Å². The Balaban J connectivity index is 1.83. The summed E-state index contributed by atoms with van der Waals surface area (Å²) < 4.78 is 65.2. The normalized spacial score (nSPS) is 11.8. The number of sulfonamides is 2. The Bertz CT molecular complexity index is 1570. The van der Waals surface area contributed by atoms with Crippen LogP contribution >= 0.6 is 0 Å². The highest BCUT2D eigenvalue weighted by molar-refractivity contribution is 7.89. The highest BCUT2D eigenvalue weighted by Gasteiger charge is 2.25. The van der Waals surface area contributed by atoms with Gasteiger partial charge in [0, 0.05) is 37.3 Å². The molecule has 0 radical (unpaired) electrons. The molecule has 0 fully saturated rings. The van der Waals surface area contributed by atoms with E-state index < -0.39 is 31.9 Å². The van der Waals surface area contributed by atoms with Crippen molar-refractivity contribution in [3.8, 4) is 11.5 Å². The molecule has 3 rings (SSSR count). The van der Waals surface area contributed by atoms with Crippen molar-refractivity contribution in [3.63, 3.8) is 0 Å². The van der Waals surface area contributed by atoms with Gasteiger partial charge in [0.05, 0.1) is 35.4 Å². The summed E-state index contributed by atoms with van der Waals surface area (Å²) in [6, 6.07) is 14.2. The third kappa shape index (κ3) is 7.38. The molecular weight excluding hydrogens is 608 g/mol. The van der Waals surface area contributed by atoms with Gasteiger partial charge in [-0.3, -0.25) is 9.59 Å². The first-order valence-corrected chi connectivity index (χ1v) is 16.8. The number of nitrogens with one attached hydrogen (secondary N) is 2. The van der Waals surface area contributed by atoms with Gasteiger partial charge < -0.3 is 20.1 Å². The standard InChI is InChI=1S/C30H38N4O8S2/c1-7-33(8-2)43(37,38)23-15-17-27(41-5)25(19-23)31-29(35)21-11-13-22(14-12-21)30(36)32-26-20-24(16-18-28(26)42-6)44(39,40)34(9-3)10-4/h11-20H,7-10H2,1-6H3,(H,31,35)(H,32,36). The van der Waals surface area contributed by atoms with Crippen LogP contribution in [0.5, 0.6) is 11.5 Å². The zero-order valence-corrected chi connectivity index (χ0v) is 27.2. The summed E-state index contributed by atoms with van der Waals surface area (Å²) in [6.07, 6.45) is 0. The van der Waals surface area contributed by atoms with Gasteiger partial charge >= 0.3 is 0 Å². The van der Waals surface area contributed by atoms with Crippen molar-refractivity contribution in [2.24, 2.45) is 0 Å². The van der Waals surface area contributed by atoms with Gasteiger partial charge in [-0.25, -0.2) is 16.8 Å². The van der Waals surface area contributed by atoms with Crippen LogP contribution in [0.3, 0.4) is 0 Å². The number of carbonyl (C=O) groups excluding carboxylic acids is 2. The fourth-order valence-electron chi connectivity index (χ4n) is 4.48. The third-order valence-electron chi connectivity index (χ3n) is 6.93. The van der Waals surface area contributed by atoms with Crippen LogP contribution in [-0.4, -0.2) is 77.7 Å². The Morgan fingerprint density at radius 1 is 0.591 bits per heavy atom. The molecule has 0 saturated carbocycles. The van der Waals surface area contributed by atoms with Crippen molar-refractivity contribution >= 4 is 43.2 Å². The minimum Gasteiger partial charge on any atom is -0.495 e. The van der Waals surface area contributed by atoms with E-state index in [2.05, 4.69) is 10.6 Å². The number of carbonyl (C=O) groups is 2. The lowest BCUT2D eigenvalue weighted by atomic mass is 10.1. The summed E-state index contributed by atoms with van der Waals surface area (Å²) in [7, 11) is -4.75. The topological polar surface area (TPSA) is 151 Å². The van der Waals surface area contributed by atoms with E-state index in [-0.39, 0.29) is 43.8 Å². The minimum atomic E-state index is -3.78. The van der Waals surface area contributed by atoms with Gasteiger partial charge in [-0.2, -0.15) is 8.61 Å². The molecule has 0 aromatic heterocycles. The summed E-state index contributed by atoms with van der Waals surface area (Å²) in [5.41, 5.74) is 0.731. The summed E-state index contributed by atoms with van der Waals surface area (Å²) in [4.78, 5) is 26.2. The maximum absolute atomic E-state index is 13.1. The van der Waals surface area contributed by atoms with Crippen molar-refractivity contribution in [2.75, 3.05) is 51.0 Å². The van der Waals surface area contributed by atoms with Gasteiger partial charge in [0.25, 0.3) is 11.8 Å². The Kier molecular flexibility index (Phi) is 11.5. The molecule has 0 unspecified atom stereocenters. The van der Waals surface area contributed by atoms with Crippen molar-refractivity contribution in [1.29, 1.82) is 0 Å². The van der Waals surface area contributed by atoms with Crippen molar-refractivity contribution in [1.82, 2.24) is 8.61 Å². The lowest BCUT2D eigenvalue weighted by Gasteiger charge is -2.20. The van der Waals surface area contributed by atoms with E-state index >= 15 is 0 Å². The molecule has 0 spiro atoms. The number of methoxy groups -OCH3 is 2. The fraction of sp³-hybridized carbons (Fsp3) is 0.333. The van der Waals surface area contributed by atoms with Crippen LogP contribution in [0.25, 0.3) is 0 Å². The molecule has 0 heterocycles. The fourth-order valence-corrected chi connectivity index (χ4v) is 7.45. The molecule has 0 saturated heterocycles. The lowest BCUT2D eigenvalue weighted by molar-refractivity contribution is 0.101. The molecule has 2 N–H and O–H groups in total. The maximum Gasteiger partial charge on any atom is 0.255 e. The van der Waals surface area contributed by atoms with Gasteiger partial charge in [0.15, 0.2) is 0 Å². The van der Waals surface area contributed by atoms with E-state index in [9.17, 15) is 26.4 Å². The van der Waals surface area contributed by atoms with Crippen LogP contribution in [0.1, 0.15) is 48.4 Å². The molecule has 238 valence electrons. The molecule has 12 nitrogen and oxygen atoms in total. The Morgan fingerprint density at radius 2 is 0.909 bits per heavy atom. The second kappa shape index (κ2) is 14.7. The smallest absolute Gasteiger partial charge is 0.255 e. The lowest BCUT2D eigenvalue weighted by Crippen LogP contribution is -2.30. The Morgan fingerprint density at radius 3 is 1.18 bits per heavy atom. The molecule has 14 heteroatoms.